The van der Waals surface area contributed by atoms with Gasteiger partial charge in [-0.05, 0) is 34.1 Å². The average molecular weight is 284 g/mol. The Morgan fingerprint density at radius 3 is 2.88 bits per heavy atom. The number of rotatable bonds is 2. The van der Waals surface area contributed by atoms with Gasteiger partial charge < -0.3 is 10.5 Å². The highest BCUT2D eigenvalue weighted by molar-refractivity contribution is 9.10. The van der Waals surface area contributed by atoms with Gasteiger partial charge >= 0.3 is 0 Å². The highest BCUT2D eigenvalue weighted by Gasteiger charge is 2.07. The van der Waals surface area contributed by atoms with Gasteiger partial charge in [-0.1, -0.05) is 0 Å². The first-order chi connectivity index (χ1) is 7.66. The van der Waals surface area contributed by atoms with Gasteiger partial charge in [-0.25, -0.2) is 9.37 Å². The number of halogens is 2. The van der Waals surface area contributed by atoms with Crippen LogP contribution in [0.2, 0.25) is 0 Å². The molecule has 0 aliphatic carbocycles. The molecule has 1 aromatic heterocycles. The van der Waals surface area contributed by atoms with Crippen molar-refractivity contribution in [3.63, 3.8) is 0 Å². The molecule has 2 rings (SSSR count). The molecule has 0 bridgehead atoms. The minimum Gasteiger partial charge on any atom is -0.436 e. The maximum absolute atomic E-state index is 12.8. The van der Waals surface area contributed by atoms with Crippen molar-refractivity contribution < 1.29 is 9.13 Å². The van der Waals surface area contributed by atoms with E-state index < -0.39 is 0 Å². The van der Waals surface area contributed by atoms with Crippen LogP contribution in [-0.4, -0.2) is 9.97 Å². The Bertz CT molecular complexity index is 521. The first-order valence-corrected chi connectivity index (χ1v) is 5.14. The predicted octanol–water partition coefficient (Wildman–Crippen LogP) is 2.75. The predicted molar refractivity (Wildman–Crippen MR) is 60.6 cm³/mol. The second kappa shape index (κ2) is 4.44. The molecule has 16 heavy (non-hydrogen) atoms. The SMILES string of the molecule is Nc1cncnc1Oc1ccc(F)cc1Br. The molecule has 0 aliphatic rings. The summed E-state index contributed by atoms with van der Waals surface area (Å²) in [5.41, 5.74) is 5.93. The number of nitrogen functional groups attached to an aromatic ring is 1. The summed E-state index contributed by atoms with van der Waals surface area (Å²) in [7, 11) is 0. The van der Waals surface area contributed by atoms with Gasteiger partial charge in [0.2, 0.25) is 5.88 Å². The van der Waals surface area contributed by atoms with Crippen LogP contribution in [-0.2, 0) is 0 Å². The van der Waals surface area contributed by atoms with Crippen LogP contribution in [0.3, 0.4) is 0 Å². The quantitative estimate of drug-likeness (QED) is 0.921. The third kappa shape index (κ3) is 2.27. The molecular formula is C10H7BrFN3O. The lowest BCUT2D eigenvalue weighted by Crippen LogP contribution is -1.96. The molecule has 2 aromatic rings. The van der Waals surface area contributed by atoms with Crippen LogP contribution in [0, 0.1) is 5.82 Å². The number of hydrogen-bond donors (Lipinski definition) is 1. The van der Waals surface area contributed by atoms with Crippen molar-refractivity contribution in [1.82, 2.24) is 9.97 Å². The van der Waals surface area contributed by atoms with Crippen LogP contribution in [0.25, 0.3) is 0 Å². The zero-order chi connectivity index (χ0) is 11.5. The Balaban J connectivity index is 2.31. The van der Waals surface area contributed by atoms with E-state index in [1.807, 2.05) is 0 Å². The topological polar surface area (TPSA) is 61.0 Å². The Labute approximate surface area is 99.4 Å². The van der Waals surface area contributed by atoms with Gasteiger partial charge in [0.15, 0.2) is 0 Å². The van der Waals surface area contributed by atoms with Gasteiger partial charge in [-0.3, -0.25) is 0 Å². The summed E-state index contributed by atoms with van der Waals surface area (Å²) in [6.45, 7) is 0. The van der Waals surface area contributed by atoms with Gasteiger partial charge in [0.25, 0.3) is 0 Å². The first kappa shape index (κ1) is 10.8. The summed E-state index contributed by atoms with van der Waals surface area (Å²) < 4.78 is 18.7. The summed E-state index contributed by atoms with van der Waals surface area (Å²) in [5.74, 6) is 0.323. The van der Waals surface area contributed by atoms with Gasteiger partial charge in [-0.2, -0.15) is 4.98 Å². The summed E-state index contributed by atoms with van der Waals surface area (Å²) in [6, 6.07) is 4.07. The molecule has 2 N–H and O–H groups in total. The minimum absolute atomic E-state index is 0.238. The van der Waals surface area contributed by atoms with Crippen molar-refractivity contribution >= 4 is 21.6 Å². The molecule has 0 saturated heterocycles. The lowest BCUT2D eigenvalue weighted by molar-refractivity contribution is 0.459. The van der Waals surface area contributed by atoms with Crippen molar-refractivity contribution in [2.45, 2.75) is 0 Å². The summed E-state index contributed by atoms with van der Waals surface area (Å²) in [5, 5.41) is 0. The van der Waals surface area contributed by atoms with Crippen molar-refractivity contribution in [3.05, 3.63) is 41.0 Å². The third-order valence-electron chi connectivity index (χ3n) is 1.80. The number of benzene rings is 1. The molecule has 4 nitrogen and oxygen atoms in total. The smallest absolute Gasteiger partial charge is 0.245 e. The van der Waals surface area contributed by atoms with Gasteiger partial charge in [0.05, 0.1) is 10.7 Å². The molecule has 1 heterocycles. The third-order valence-corrected chi connectivity index (χ3v) is 2.42. The number of hydrogen-bond acceptors (Lipinski definition) is 4. The van der Waals surface area contributed by atoms with Crippen LogP contribution in [0.1, 0.15) is 0 Å². The molecule has 82 valence electrons. The first-order valence-electron chi connectivity index (χ1n) is 4.35. The van der Waals surface area contributed by atoms with Crippen LogP contribution in [0.4, 0.5) is 10.1 Å². The Kier molecular flexibility index (Phi) is 3.00. The van der Waals surface area contributed by atoms with E-state index in [-0.39, 0.29) is 11.7 Å². The normalized spacial score (nSPS) is 10.1. The van der Waals surface area contributed by atoms with E-state index in [0.717, 1.165) is 0 Å². The van der Waals surface area contributed by atoms with Gasteiger partial charge in [-0.15, -0.1) is 0 Å². The standard InChI is InChI=1S/C10H7BrFN3O/c11-7-3-6(12)1-2-9(7)16-10-8(13)4-14-5-15-10/h1-5H,13H2. The van der Waals surface area contributed by atoms with E-state index in [1.165, 1.54) is 30.7 Å². The molecule has 0 spiro atoms. The molecule has 0 amide bonds. The molecule has 0 unspecified atom stereocenters. The van der Waals surface area contributed by atoms with Crippen molar-refractivity contribution in [3.8, 4) is 11.6 Å². The lowest BCUT2D eigenvalue weighted by atomic mass is 10.3. The minimum atomic E-state index is -0.352. The average Bonchev–Trinajstić information content (AvgIpc) is 2.25. The molecule has 0 fully saturated rings. The number of aromatic nitrogens is 2. The van der Waals surface area contributed by atoms with Crippen LogP contribution >= 0.6 is 15.9 Å². The molecule has 0 aliphatic heterocycles. The summed E-state index contributed by atoms with van der Waals surface area (Å²) in [4.78, 5) is 7.60. The maximum atomic E-state index is 12.8. The number of nitrogens with two attached hydrogens (primary N) is 1. The Morgan fingerprint density at radius 1 is 1.38 bits per heavy atom. The van der Waals surface area contributed by atoms with Crippen LogP contribution < -0.4 is 10.5 Å². The van der Waals surface area contributed by atoms with Crippen molar-refractivity contribution in [2.75, 3.05) is 5.73 Å². The molecule has 1 aromatic carbocycles. The highest BCUT2D eigenvalue weighted by Crippen LogP contribution is 2.31. The summed E-state index contributed by atoms with van der Waals surface area (Å²) in [6.07, 6.45) is 2.75. The fraction of sp³-hybridized carbons (Fsp3) is 0. The molecule has 0 radical (unpaired) electrons. The number of ether oxygens (including phenoxy) is 1. The fourth-order valence-electron chi connectivity index (χ4n) is 1.08. The van der Waals surface area contributed by atoms with E-state index in [1.54, 1.807) is 0 Å². The van der Waals surface area contributed by atoms with E-state index in [4.69, 9.17) is 10.5 Å². The molecule has 0 saturated carbocycles. The Hall–Kier alpha value is -1.69. The van der Waals surface area contributed by atoms with Crippen LogP contribution in [0.15, 0.2) is 35.2 Å². The van der Waals surface area contributed by atoms with Gasteiger partial charge in [0, 0.05) is 0 Å². The van der Waals surface area contributed by atoms with E-state index in [9.17, 15) is 4.39 Å². The second-order valence-electron chi connectivity index (χ2n) is 2.96. The van der Waals surface area contributed by atoms with Crippen molar-refractivity contribution in [2.24, 2.45) is 0 Å². The largest absolute Gasteiger partial charge is 0.436 e. The summed E-state index contributed by atoms with van der Waals surface area (Å²) >= 11 is 3.18. The molecular weight excluding hydrogens is 277 g/mol. The zero-order valence-corrected chi connectivity index (χ0v) is 9.61. The van der Waals surface area contributed by atoms with Crippen molar-refractivity contribution in [1.29, 1.82) is 0 Å². The molecule has 0 atom stereocenters. The maximum Gasteiger partial charge on any atom is 0.245 e. The van der Waals surface area contributed by atoms with E-state index in [0.29, 0.717) is 15.9 Å². The Morgan fingerprint density at radius 2 is 2.19 bits per heavy atom. The lowest BCUT2D eigenvalue weighted by Gasteiger charge is -2.07. The zero-order valence-electron chi connectivity index (χ0n) is 8.02. The second-order valence-corrected chi connectivity index (χ2v) is 3.81. The highest BCUT2D eigenvalue weighted by atomic mass is 79.9. The van der Waals surface area contributed by atoms with Gasteiger partial charge in [0.1, 0.15) is 23.6 Å². The van der Waals surface area contributed by atoms with Crippen LogP contribution in [0.5, 0.6) is 11.6 Å². The van der Waals surface area contributed by atoms with E-state index >= 15 is 0 Å². The van der Waals surface area contributed by atoms with E-state index in [2.05, 4.69) is 25.9 Å². The number of nitrogens with zero attached hydrogens (tertiary/aromatic N) is 2. The number of anilines is 1. The fourth-order valence-corrected chi connectivity index (χ4v) is 1.51. The molecule has 6 heteroatoms. The monoisotopic (exact) mass is 283 g/mol.